The summed E-state index contributed by atoms with van der Waals surface area (Å²) >= 11 is 0. The number of ether oxygens (including phenoxy) is 5. The maximum atomic E-state index is 11.9. The molecule has 43 heavy (non-hydrogen) atoms. The normalized spacial score (nSPS) is 23.6. The molecule has 4 aromatic rings. The lowest BCUT2D eigenvalue weighted by molar-refractivity contribution is -0.279. The van der Waals surface area contributed by atoms with Crippen LogP contribution in [0.25, 0.3) is 0 Å². The maximum Gasteiger partial charge on any atom is 0.116 e. The molecule has 0 radical (unpaired) electrons. The summed E-state index contributed by atoms with van der Waals surface area (Å²) in [7, 11) is 0. The predicted molar refractivity (Wildman–Crippen MR) is 166 cm³/mol. The van der Waals surface area contributed by atoms with Gasteiger partial charge in [0.05, 0.1) is 33.0 Å². The molecule has 0 saturated heterocycles. The lowest BCUT2D eigenvalue weighted by Gasteiger charge is -2.48. The van der Waals surface area contributed by atoms with Crippen LogP contribution in [0.15, 0.2) is 134 Å². The van der Waals surface area contributed by atoms with Crippen LogP contribution < -0.4 is 0 Å². The standard InChI is InChI=1S/C37H40O6/c1-2-23-39-35-33(40-24-28-15-7-3-8-16-28)32(38)34(41-25-29-17-9-4-10-18-29)36(42-26-30-19-11-5-12-20-30)37(35)43-27-31-21-13-6-14-22-31/h2-22,32-38H,1,23-27H2/t32-,33-,34+,35+,36-,37+/m0/s1. The Hall–Kier alpha value is -3.62. The zero-order valence-electron chi connectivity index (χ0n) is 24.3. The minimum atomic E-state index is -1.06. The van der Waals surface area contributed by atoms with Gasteiger partial charge in [0.2, 0.25) is 0 Å². The third-order valence-electron chi connectivity index (χ3n) is 7.52. The molecule has 6 nitrogen and oxygen atoms in total. The fourth-order valence-corrected chi connectivity index (χ4v) is 5.34. The molecule has 224 valence electrons. The van der Waals surface area contributed by atoms with E-state index in [-0.39, 0.29) is 6.61 Å². The molecule has 4 aromatic carbocycles. The van der Waals surface area contributed by atoms with Crippen LogP contribution in [-0.4, -0.2) is 48.3 Å². The molecule has 0 heterocycles. The summed E-state index contributed by atoms with van der Waals surface area (Å²) in [5, 5.41) is 11.9. The van der Waals surface area contributed by atoms with Crippen molar-refractivity contribution in [2.24, 2.45) is 0 Å². The summed E-state index contributed by atoms with van der Waals surface area (Å²) in [6.07, 6.45) is -2.81. The van der Waals surface area contributed by atoms with E-state index in [0.717, 1.165) is 22.3 Å². The van der Waals surface area contributed by atoms with Crippen LogP contribution in [0, 0.1) is 0 Å². The highest BCUT2D eigenvalue weighted by molar-refractivity contribution is 5.17. The first-order chi connectivity index (χ1) is 21.2. The lowest BCUT2D eigenvalue weighted by atomic mass is 9.83. The van der Waals surface area contributed by atoms with Gasteiger partial charge in [0, 0.05) is 0 Å². The van der Waals surface area contributed by atoms with Crippen molar-refractivity contribution in [2.45, 2.75) is 63.1 Å². The molecule has 1 fully saturated rings. The van der Waals surface area contributed by atoms with Crippen molar-refractivity contribution in [3.8, 4) is 0 Å². The highest BCUT2D eigenvalue weighted by Gasteiger charge is 2.53. The fraction of sp³-hybridized carbons (Fsp3) is 0.297. The topological polar surface area (TPSA) is 66.4 Å². The summed E-state index contributed by atoms with van der Waals surface area (Å²) in [6.45, 7) is 5.35. The second-order valence-corrected chi connectivity index (χ2v) is 10.6. The van der Waals surface area contributed by atoms with Gasteiger partial charge in [0.1, 0.15) is 36.6 Å². The van der Waals surface area contributed by atoms with Crippen LogP contribution in [0.2, 0.25) is 0 Å². The number of benzene rings is 4. The van der Waals surface area contributed by atoms with Crippen LogP contribution in [0.5, 0.6) is 0 Å². The molecule has 6 atom stereocenters. The zero-order valence-corrected chi connectivity index (χ0v) is 24.3. The summed E-state index contributed by atoms with van der Waals surface area (Å²) in [5.41, 5.74) is 4.00. The van der Waals surface area contributed by atoms with Gasteiger partial charge in [-0.1, -0.05) is 127 Å². The van der Waals surface area contributed by atoms with Crippen LogP contribution in [0.4, 0.5) is 0 Å². The van der Waals surface area contributed by atoms with Gasteiger partial charge in [0.25, 0.3) is 0 Å². The van der Waals surface area contributed by atoms with E-state index in [1.54, 1.807) is 6.08 Å². The molecule has 6 heteroatoms. The quantitative estimate of drug-likeness (QED) is 0.167. The molecule has 5 rings (SSSR count). The van der Waals surface area contributed by atoms with Gasteiger partial charge in [-0.3, -0.25) is 0 Å². The maximum absolute atomic E-state index is 11.9. The zero-order chi connectivity index (χ0) is 29.7. The van der Waals surface area contributed by atoms with Crippen molar-refractivity contribution in [3.63, 3.8) is 0 Å². The third kappa shape index (κ3) is 8.71. The molecule has 0 spiro atoms. The van der Waals surface area contributed by atoms with E-state index in [0.29, 0.717) is 26.4 Å². The number of aliphatic hydroxyl groups is 1. The highest BCUT2D eigenvalue weighted by atomic mass is 16.6. The Labute approximate surface area is 254 Å². The fourth-order valence-electron chi connectivity index (χ4n) is 5.34. The molecule has 0 bridgehead atoms. The van der Waals surface area contributed by atoms with Crippen molar-refractivity contribution in [1.82, 2.24) is 0 Å². The summed E-state index contributed by atoms with van der Waals surface area (Å²) in [5.74, 6) is 0. The minimum Gasteiger partial charge on any atom is -0.387 e. The van der Waals surface area contributed by atoms with Gasteiger partial charge in [-0.25, -0.2) is 0 Å². The van der Waals surface area contributed by atoms with Crippen molar-refractivity contribution in [3.05, 3.63) is 156 Å². The lowest BCUT2D eigenvalue weighted by Crippen LogP contribution is -2.66. The van der Waals surface area contributed by atoms with Gasteiger partial charge in [0.15, 0.2) is 0 Å². The number of hydrogen-bond acceptors (Lipinski definition) is 6. The van der Waals surface area contributed by atoms with E-state index in [4.69, 9.17) is 23.7 Å². The molecule has 0 aliphatic heterocycles. The number of aliphatic hydroxyl groups excluding tert-OH is 1. The Morgan fingerprint density at radius 2 is 0.721 bits per heavy atom. The minimum absolute atomic E-state index is 0.259. The van der Waals surface area contributed by atoms with Crippen LogP contribution in [0.1, 0.15) is 22.3 Å². The third-order valence-corrected chi connectivity index (χ3v) is 7.52. The van der Waals surface area contributed by atoms with Crippen LogP contribution in [-0.2, 0) is 50.1 Å². The Bertz CT molecular complexity index is 1330. The van der Waals surface area contributed by atoms with Gasteiger partial charge < -0.3 is 28.8 Å². The molecular weight excluding hydrogens is 540 g/mol. The van der Waals surface area contributed by atoms with Crippen molar-refractivity contribution < 1.29 is 28.8 Å². The van der Waals surface area contributed by atoms with E-state index >= 15 is 0 Å². The van der Waals surface area contributed by atoms with E-state index in [2.05, 4.69) is 6.58 Å². The van der Waals surface area contributed by atoms with E-state index in [9.17, 15) is 5.11 Å². The summed E-state index contributed by atoms with van der Waals surface area (Å²) in [6, 6.07) is 39.7. The van der Waals surface area contributed by atoms with E-state index in [1.165, 1.54) is 0 Å². The Kier molecular flexibility index (Phi) is 11.7. The molecule has 0 amide bonds. The first kappa shape index (κ1) is 30.8. The highest BCUT2D eigenvalue weighted by Crippen LogP contribution is 2.34. The molecule has 1 aliphatic carbocycles. The Morgan fingerprint density at radius 3 is 1.05 bits per heavy atom. The second kappa shape index (κ2) is 16.3. The van der Waals surface area contributed by atoms with Gasteiger partial charge >= 0.3 is 0 Å². The van der Waals surface area contributed by atoms with Crippen LogP contribution in [0.3, 0.4) is 0 Å². The largest absolute Gasteiger partial charge is 0.387 e. The van der Waals surface area contributed by atoms with Crippen molar-refractivity contribution in [2.75, 3.05) is 6.61 Å². The van der Waals surface area contributed by atoms with Gasteiger partial charge in [-0.2, -0.15) is 0 Å². The summed E-state index contributed by atoms with van der Waals surface area (Å²) in [4.78, 5) is 0. The van der Waals surface area contributed by atoms with Gasteiger partial charge in [-0.15, -0.1) is 6.58 Å². The number of rotatable bonds is 15. The molecular formula is C37H40O6. The van der Waals surface area contributed by atoms with E-state index < -0.39 is 36.6 Å². The SMILES string of the molecule is C=CCO[C@H]1[C@@H](OCc2ccccc2)[C@@H](OCc2ccccc2)[C@H](OCc2ccccc2)[C@@H](O)[C@@H]1OCc1ccccc1. The van der Waals surface area contributed by atoms with Crippen molar-refractivity contribution in [1.29, 1.82) is 0 Å². The first-order valence-corrected chi connectivity index (χ1v) is 14.8. The van der Waals surface area contributed by atoms with E-state index in [1.807, 2.05) is 121 Å². The molecule has 0 aromatic heterocycles. The average molecular weight is 581 g/mol. The van der Waals surface area contributed by atoms with Crippen LogP contribution >= 0.6 is 0 Å². The van der Waals surface area contributed by atoms with Crippen molar-refractivity contribution >= 4 is 0 Å². The first-order valence-electron chi connectivity index (χ1n) is 14.8. The number of hydrogen-bond donors (Lipinski definition) is 1. The Balaban J connectivity index is 1.47. The second-order valence-electron chi connectivity index (χ2n) is 10.6. The smallest absolute Gasteiger partial charge is 0.116 e. The van der Waals surface area contributed by atoms with Gasteiger partial charge in [-0.05, 0) is 22.3 Å². The molecule has 1 N–H and O–H groups in total. The Morgan fingerprint density at radius 1 is 0.442 bits per heavy atom. The predicted octanol–water partition coefficient (Wildman–Crippen LogP) is 6.27. The molecule has 1 saturated carbocycles. The monoisotopic (exact) mass is 580 g/mol. The average Bonchev–Trinajstić information content (AvgIpc) is 3.06. The molecule has 1 aliphatic rings. The molecule has 0 unspecified atom stereocenters. The summed E-state index contributed by atoms with van der Waals surface area (Å²) < 4.78 is 32.5.